The monoisotopic (exact) mass is 444 g/mol. The SMILES string of the molecule is O=C(Nc1cnc(-c2cccc(O)c2)nc1)c1ccc2c(c1)C(=O)N(CC1CCCO1)C2=O. The van der Waals surface area contributed by atoms with E-state index in [-0.39, 0.29) is 41.0 Å². The molecule has 3 heterocycles. The van der Waals surface area contributed by atoms with Crippen LogP contribution in [0.5, 0.6) is 5.75 Å². The molecule has 9 heteroatoms. The smallest absolute Gasteiger partial charge is 0.261 e. The second-order valence-electron chi connectivity index (χ2n) is 7.92. The predicted octanol–water partition coefficient (Wildman–Crippen LogP) is 2.88. The molecule has 9 nitrogen and oxygen atoms in total. The van der Waals surface area contributed by atoms with Crippen molar-refractivity contribution in [3.8, 4) is 17.1 Å². The first-order chi connectivity index (χ1) is 16.0. The van der Waals surface area contributed by atoms with Crippen LogP contribution in [-0.2, 0) is 4.74 Å². The van der Waals surface area contributed by atoms with Gasteiger partial charge < -0.3 is 15.2 Å². The lowest BCUT2D eigenvalue weighted by atomic mass is 10.1. The topological polar surface area (TPSA) is 122 Å². The van der Waals surface area contributed by atoms with Gasteiger partial charge in [0.25, 0.3) is 17.7 Å². The first kappa shape index (κ1) is 20.8. The third-order valence-corrected chi connectivity index (χ3v) is 5.66. The van der Waals surface area contributed by atoms with E-state index in [1.165, 1.54) is 35.5 Å². The Labute approximate surface area is 189 Å². The van der Waals surface area contributed by atoms with Crippen LogP contribution in [0.1, 0.15) is 43.9 Å². The van der Waals surface area contributed by atoms with Gasteiger partial charge in [-0.25, -0.2) is 9.97 Å². The van der Waals surface area contributed by atoms with E-state index < -0.39 is 11.8 Å². The van der Waals surface area contributed by atoms with Crippen LogP contribution in [0.2, 0.25) is 0 Å². The Hall–Kier alpha value is -4.11. The van der Waals surface area contributed by atoms with Gasteiger partial charge in [-0.3, -0.25) is 19.3 Å². The van der Waals surface area contributed by atoms with Gasteiger partial charge >= 0.3 is 0 Å². The number of imide groups is 1. The number of phenols is 1. The van der Waals surface area contributed by atoms with E-state index in [0.29, 0.717) is 23.7 Å². The van der Waals surface area contributed by atoms with Gasteiger partial charge in [-0.15, -0.1) is 0 Å². The summed E-state index contributed by atoms with van der Waals surface area (Å²) < 4.78 is 5.55. The van der Waals surface area contributed by atoms with Crippen LogP contribution in [0.4, 0.5) is 5.69 Å². The number of nitrogens with zero attached hydrogens (tertiary/aromatic N) is 3. The second-order valence-corrected chi connectivity index (χ2v) is 7.92. The van der Waals surface area contributed by atoms with Crippen molar-refractivity contribution in [3.63, 3.8) is 0 Å². The first-order valence-corrected chi connectivity index (χ1v) is 10.5. The minimum absolute atomic E-state index is 0.104. The average Bonchev–Trinajstić information content (AvgIpc) is 3.42. The Kier molecular flexibility index (Phi) is 5.31. The van der Waals surface area contributed by atoms with Gasteiger partial charge in [0.15, 0.2) is 5.82 Å². The summed E-state index contributed by atoms with van der Waals surface area (Å²) in [6.07, 6.45) is 4.49. The third-order valence-electron chi connectivity index (χ3n) is 5.66. The number of rotatable bonds is 5. The number of carbonyl (C=O) groups is 3. The summed E-state index contributed by atoms with van der Waals surface area (Å²) in [6.45, 7) is 0.855. The number of aromatic nitrogens is 2. The molecule has 2 aromatic carbocycles. The van der Waals surface area contributed by atoms with Crippen molar-refractivity contribution in [1.82, 2.24) is 14.9 Å². The van der Waals surface area contributed by atoms with Gasteiger partial charge in [0, 0.05) is 17.7 Å². The van der Waals surface area contributed by atoms with E-state index in [2.05, 4.69) is 15.3 Å². The van der Waals surface area contributed by atoms with E-state index in [9.17, 15) is 19.5 Å². The fraction of sp³-hybridized carbons (Fsp3) is 0.208. The minimum atomic E-state index is -0.454. The molecule has 1 unspecified atom stereocenters. The van der Waals surface area contributed by atoms with Crippen LogP contribution in [0, 0.1) is 0 Å². The number of aromatic hydroxyl groups is 1. The van der Waals surface area contributed by atoms with Gasteiger partial charge in [0.1, 0.15) is 5.75 Å². The maximum absolute atomic E-state index is 12.8. The molecular formula is C24H20N4O5. The summed E-state index contributed by atoms with van der Waals surface area (Å²) in [7, 11) is 0. The standard InChI is InChI=1S/C24H20N4O5/c29-17-4-1-3-14(9-17)21-25-11-16(12-26-21)27-22(30)15-6-7-19-20(10-15)24(32)28(23(19)31)13-18-5-2-8-33-18/h1,3-4,6-7,9-12,18,29H,2,5,8,13H2,(H,27,30). The molecule has 2 N–H and O–H groups in total. The number of carbonyl (C=O) groups excluding carboxylic acids is 3. The average molecular weight is 444 g/mol. The Bertz CT molecular complexity index is 1250. The van der Waals surface area contributed by atoms with Crippen molar-refractivity contribution in [1.29, 1.82) is 0 Å². The molecular weight excluding hydrogens is 424 g/mol. The molecule has 0 spiro atoms. The van der Waals surface area contributed by atoms with Crippen molar-refractivity contribution in [3.05, 3.63) is 71.5 Å². The van der Waals surface area contributed by atoms with Crippen LogP contribution >= 0.6 is 0 Å². The normalized spacial score (nSPS) is 17.3. The molecule has 166 valence electrons. The number of nitrogens with one attached hydrogen (secondary N) is 1. The quantitative estimate of drug-likeness (QED) is 0.580. The lowest BCUT2D eigenvalue weighted by Crippen LogP contribution is -2.36. The number of phenolic OH excluding ortho intramolecular Hbond substituents is 1. The van der Waals surface area contributed by atoms with Crippen LogP contribution in [0.3, 0.4) is 0 Å². The number of benzene rings is 2. The maximum Gasteiger partial charge on any atom is 0.261 e. The molecule has 33 heavy (non-hydrogen) atoms. The summed E-state index contributed by atoms with van der Waals surface area (Å²) in [5.41, 5.74) is 1.74. The van der Waals surface area contributed by atoms with Crippen molar-refractivity contribution in [2.75, 3.05) is 18.5 Å². The number of hydrogen-bond acceptors (Lipinski definition) is 7. The van der Waals surface area contributed by atoms with Crippen LogP contribution in [0.15, 0.2) is 54.9 Å². The molecule has 1 atom stereocenters. The lowest BCUT2D eigenvalue weighted by molar-refractivity contribution is 0.0475. The zero-order chi connectivity index (χ0) is 22.9. The molecule has 1 fully saturated rings. The number of hydrogen-bond donors (Lipinski definition) is 2. The Morgan fingerprint density at radius 1 is 1.09 bits per heavy atom. The number of amides is 3. The predicted molar refractivity (Wildman–Crippen MR) is 118 cm³/mol. The fourth-order valence-electron chi connectivity index (χ4n) is 3.98. The molecule has 3 amide bonds. The summed E-state index contributed by atoms with van der Waals surface area (Å²) in [5, 5.41) is 12.3. The maximum atomic E-state index is 12.8. The molecule has 0 aliphatic carbocycles. The number of fused-ring (bicyclic) bond motifs is 1. The molecule has 1 saturated heterocycles. The zero-order valence-electron chi connectivity index (χ0n) is 17.5. The Morgan fingerprint density at radius 2 is 1.88 bits per heavy atom. The van der Waals surface area contributed by atoms with E-state index in [4.69, 9.17) is 4.74 Å². The number of ether oxygens (including phenoxy) is 1. The van der Waals surface area contributed by atoms with Crippen LogP contribution in [0.25, 0.3) is 11.4 Å². The van der Waals surface area contributed by atoms with Crippen LogP contribution < -0.4 is 5.32 Å². The first-order valence-electron chi connectivity index (χ1n) is 10.5. The zero-order valence-corrected chi connectivity index (χ0v) is 17.5. The summed E-state index contributed by atoms with van der Waals surface area (Å²) in [6, 6.07) is 11.0. The highest BCUT2D eigenvalue weighted by atomic mass is 16.5. The van der Waals surface area contributed by atoms with Crippen molar-refractivity contribution in [2.24, 2.45) is 0 Å². The fourth-order valence-corrected chi connectivity index (χ4v) is 3.98. The van der Waals surface area contributed by atoms with E-state index in [1.807, 2.05) is 0 Å². The van der Waals surface area contributed by atoms with Gasteiger partial charge in [0.05, 0.1) is 41.9 Å². The third kappa shape index (κ3) is 4.06. The molecule has 5 rings (SSSR count). The Morgan fingerprint density at radius 3 is 2.61 bits per heavy atom. The number of anilines is 1. The van der Waals surface area contributed by atoms with Gasteiger partial charge in [-0.05, 0) is 43.2 Å². The molecule has 1 aromatic heterocycles. The van der Waals surface area contributed by atoms with Crippen molar-refractivity contribution in [2.45, 2.75) is 18.9 Å². The summed E-state index contributed by atoms with van der Waals surface area (Å²) in [4.78, 5) is 47.8. The van der Waals surface area contributed by atoms with E-state index in [0.717, 1.165) is 12.8 Å². The lowest BCUT2D eigenvalue weighted by Gasteiger charge is -2.17. The molecule has 3 aromatic rings. The molecule has 0 saturated carbocycles. The minimum Gasteiger partial charge on any atom is -0.508 e. The largest absolute Gasteiger partial charge is 0.508 e. The summed E-state index contributed by atoms with van der Waals surface area (Å²) in [5.74, 6) is -0.735. The highest BCUT2D eigenvalue weighted by Crippen LogP contribution is 2.26. The van der Waals surface area contributed by atoms with E-state index >= 15 is 0 Å². The van der Waals surface area contributed by atoms with Gasteiger partial charge in [-0.1, -0.05) is 12.1 Å². The highest BCUT2D eigenvalue weighted by Gasteiger charge is 2.37. The van der Waals surface area contributed by atoms with Gasteiger partial charge in [-0.2, -0.15) is 0 Å². The molecule has 0 radical (unpaired) electrons. The molecule has 0 bridgehead atoms. The van der Waals surface area contributed by atoms with E-state index in [1.54, 1.807) is 24.3 Å². The summed E-state index contributed by atoms with van der Waals surface area (Å²) >= 11 is 0. The van der Waals surface area contributed by atoms with Crippen molar-refractivity contribution >= 4 is 23.4 Å². The molecule has 2 aliphatic heterocycles. The van der Waals surface area contributed by atoms with Gasteiger partial charge in [0.2, 0.25) is 0 Å². The highest BCUT2D eigenvalue weighted by molar-refractivity contribution is 6.22. The molecule has 2 aliphatic rings. The Balaban J connectivity index is 1.30. The van der Waals surface area contributed by atoms with Crippen molar-refractivity contribution < 1.29 is 24.2 Å². The van der Waals surface area contributed by atoms with Crippen LogP contribution in [-0.4, -0.2) is 57.0 Å². The second kappa shape index (κ2) is 8.44.